The van der Waals surface area contributed by atoms with Crippen LogP contribution in [0.15, 0.2) is 16.6 Å². The molecule has 0 bridgehead atoms. The van der Waals surface area contributed by atoms with Gasteiger partial charge in [0.15, 0.2) is 0 Å². The highest BCUT2D eigenvalue weighted by Crippen LogP contribution is 2.28. The lowest BCUT2D eigenvalue weighted by Crippen LogP contribution is -2.02. The van der Waals surface area contributed by atoms with E-state index in [1.54, 1.807) is 0 Å². The van der Waals surface area contributed by atoms with Crippen molar-refractivity contribution in [3.8, 4) is 11.8 Å². The second-order valence-electron chi connectivity index (χ2n) is 3.83. The Hall–Kier alpha value is -1.05. The lowest BCUT2D eigenvalue weighted by molar-refractivity contribution is 0.259. The van der Waals surface area contributed by atoms with Gasteiger partial charge in [0.05, 0.1) is 19.3 Å². The molecule has 0 saturated carbocycles. The Balaban J connectivity index is 2.61. The Morgan fingerprint density at radius 1 is 1.41 bits per heavy atom. The van der Waals surface area contributed by atoms with Crippen LogP contribution < -0.4 is 4.74 Å². The van der Waals surface area contributed by atoms with Gasteiger partial charge in [0.25, 0.3) is 0 Å². The molecule has 92 valence electrons. The van der Waals surface area contributed by atoms with Gasteiger partial charge in [-0.05, 0) is 37.5 Å². The van der Waals surface area contributed by atoms with E-state index in [1.165, 1.54) is 0 Å². The molecule has 0 saturated heterocycles. The maximum Gasteiger partial charge on any atom is 0.127 e. The molecule has 0 aliphatic rings. The minimum atomic E-state index is -0.0339. The molecule has 0 fully saturated rings. The smallest absolute Gasteiger partial charge is 0.127 e. The van der Waals surface area contributed by atoms with Gasteiger partial charge < -0.3 is 9.84 Å². The van der Waals surface area contributed by atoms with Crippen LogP contribution in [0.4, 0.5) is 0 Å². The van der Waals surface area contributed by atoms with Gasteiger partial charge in [-0.2, -0.15) is 5.26 Å². The SMILES string of the molecule is Cc1cc(Br)cc(CO)c1OCCCCC#N. The Morgan fingerprint density at radius 2 is 2.18 bits per heavy atom. The van der Waals surface area contributed by atoms with Crippen LogP contribution >= 0.6 is 15.9 Å². The molecule has 1 aromatic rings. The van der Waals surface area contributed by atoms with E-state index in [1.807, 2.05) is 19.1 Å². The molecule has 1 aromatic carbocycles. The van der Waals surface area contributed by atoms with E-state index in [2.05, 4.69) is 22.0 Å². The van der Waals surface area contributed by atoms with Crippen LogP contribution in [0.1, 0.15) is 30.4 Å². The van der Waals surface area contributed by atoms with Crippen LogP contribution in [0.5, 0.6) is 5.75 Å². The lowest BCUT2D eigenvalue weighted by atomic mass is 10.1. The predicted molar refractivity (Wildman–Crippen MR) is 69.8 cm³/mol. The highest BCUT2D eigenvalue weighted by Gasteiger charge is 2.08. The number of rotatable bonds is 6. The van der Waals surface area contributed by atoms with Gasteiger partial charge in [-0.1, -0.05) is 15.9 Å². The first kappa shape index (κ1) is 14.0. The zero-order valence-electron chi connectivity index (χ0n) is 9.87. The molecule has 0 amide bonds. The van der Waals surface area contributed by atoms with Crippen molar-refractivity contribution in [1.29, 1.82) is 5.26 Å². The maximum absolute atomic E-state index is 9.26. The van der Waals surface area contributed by atoms with Crippen molar-refractivity contribution in [1.82, 2.24) is 0 Å². The van der Waals surface area contributed by atoms with E-state index < -0.39 is 0 Å². The van der Waals surface area contributed by atoms with Gasteiger partial charge in [-0.3, -0.25) is 0 Å². The molecule has 17 heavy (non-hydrogen) atoms. The Bertz CT molecular complexity index is 413. The summed E-state index contributed by atoms with van der Waals surface area (Å²) < 4.78 is 6.61. The molecule has 0 atom stereocenters. The summed E-state index contributed by atoms with van der Waals surface area (Å²) in [6.45, 7) is 2.50. The number of aliphatic hydroxyl groups excluding tert-OH is 1. The molecule has 1 N–H and O–H groups in total. The van der Waals surface area contributed by atoms with Gasteiger partial charge in [-0.25, -0.2) is 0 Å². The summed E-state index contributed by atoms with van der Waals surface area (Å²) in [6.07, 6.45) is 2.27. The number of halogens is 1. The zero-order valence-corrected chi connectivity index (χ0v) is 11.5. The molecular weight excluding hydrogens is 282 g/mol. The molecule has 0 aliphatic heterocycles. The summed E-state index contributed by atoms with van der Waals surface area (Å²) in [7, 11) is 0. The monoisotopic (exact) mass is 297 g/mol. The van der Waals surface area contributed by atoms with Crippen molar-refractivity contribution in [2.75, 3.05) is 6.61 Å². The zero-order chi connectivity index (χ0) is 12.7. The first-order valence-corrected chi connectivity index (χ1v) is 6.38. The first-order chi connectivity index (χ1) is 8.19. The molecule has 0 unspecified atom stereocenters. The van der Waals surface area contributed by atoms with Gasteiger partial charge in [0.1, 0.15) is 5.75 Å². The average Bonchev–Trinajstić information content (AvgIpc) is 2.30. The number of aryl methyl sites for hydroxylation is 1. The predicted octanol–water partition coefficient (Wildman–Crippen LogP) is 3.32. The second-order valence-corrected chi connectivity index (χ2v) is 4.75. The van der Waals surface area contributed by atoms with Crippen LogP contribution in [0.3, 0.4) is 0 Å². The fraction of sp³-hybridized carbons (Fsp3) is 0.462. The second kappa shape index (κ2) is 7.31. The highest BCUT2D eigenvalue weighted by atomic mass is 79.9. The number of hydrogen-bond acceptors (Lipinski definition) is 3. The minimum Gasteiger partial charge on any atom is -0.493 e. The van der Waals surface area contributed by atoms with E-state index in [-0.39, 0.29) is 6.61 Å². The Kier molecular flexibility index (Phi) is 6.03. The molecule has 1 rings (SSSR count). The van der Waals surface area contributed by atoms with Gasteiger partial charge in [0.2, 0.25) is 0 Å². The van der Waals surface area contributed by atoms with Crippen molar-refractivity contribution in [3.05, 3.63) is 27.7 Å². The fourth-order valence-electron chi connectivity index (χ4n) is 1.60. The van der Waals surface area contributed by atoms with Gasteiger partial charge in [-0.15, -0.1) is 0 Å². The van der Waals surface area contributed by atoms with Crippen molar-refractivity contribution < 1.29 is 9.84 Å². The third-order valence-electron chi connectivity index (χ3n) is 2.42. The molecule has 0 spiro atoms. The minimum absolute atomic E-state index is 0.0339. The summed E-state index contributed by atoms with van der Waals surface area (Å²) >= 11 is 3.39. The third kappa shape index (κ3) is 4.37. The Morgan fingerprint density at radius 3 is 2.82 bits per heavy atom. The molecule has 0 radical (unpaired) electrons. The normalized spacial score (nSPS) is 10.0. The summed E-state index contributed by atoms with van der Waals surface area (Å²) in [4.78, 5) is 0. The average molecular weight is 298 g/mol. The first-order valence-electron chi connectivity index (χ1n) is 5.58. The summed E-state index contributed by atoms with van der Waals surface area (Å²) in [6, 6.07) is 5.93. The summed E-state index contributed by atoms with van der Waals surface area (Å²) in [5.74, 6) is 0.757. The van der Waals surface area contributed by atoms with Crippen LogP contribution in [-0.4, -0.2) is 11.7 Å². The topological polar surface area (TPSA) is 53.2 Å². The summed E-state index contributed by atoms with van der Waals surface area (Å²) in [5, 5.41) is 17.7. The fourth-order valence-corrected chi connectivity index (χ4v) is 2.22. The van der Waals surface area contributed by atoms with Crippen LogP contribution in [0.25, 0.3) is 0 Å². The summed E-state index contributed by atoms with van der Waals surface area (Å²) in [5.41, 5.74) is 1.79. The number of nitriles is 1. The highest BCUT2D eigenvalue weighted by molar-refractivity contribution is 9.10. The molecule has 0 aliphatic carbocycles. The number of nitrogens with zero attached hydrogens (tertiary/aromatic N) is 1. The number of aliphatic hydroxyl groups is 1. The molecule has 0 aromatic heterocycles. The maximum atomic E-state index is 9.26. The Labute approximate surface area is 110 Å². The largest absolute Gasteiger partial charge is 0.493 e. The number of unbranched alkanes of at least 4 members (excludes halogenated alkanes) is 2. The van der Waals surface area contributed by atoms with Gasteiger partial charge in [0, 0.05) is 16.5 Å². The van der Waals surface area contributed by atoms with E-state index in [0.29, 0.717) is 13.0 Å². The van der Waals surface area contributed by atoms with Crippen LogP contribution in [0, 0.1) is 18.3 Å². The van der Waals surface area contributed by atoms with Crippen LogP contribution in [-0.2, 0) is 6.61 Å². The molecule has 3 nitrogen and oxygen atoms in total. The molecular formula is C13H16BrNO2. The van der Waals surface area contributed by atoms with E-state index >= 15 is 0 Å². The van der Waals surface area contributed by atoms with Crippen molar-refractivity contribution in [2.24, 2.45) is 0 Å². The van der Waals surface area contributed by atoms with E-state index in [0.717, 1.165) is 34.2 Å². The van der Waals surface area contributed by atoms with Gasteiger partial charge >= 0.3 is 0 Å². The van der Waals surface area contributed by atoms with E-state index in [9.17, 15) is 5.11 Å². The van der Waals surface area contributed by atoms with Crippen molar-refractivity contribution >= 4 is 15.9 Å². The number of ether oxygens (including phenoxy) is 1. The van der Waals surface area contributed by atoms with Crippen molar-refractivity contribution in [3.63, 3.8) is 0 Å². The third-order valence-corrected chi connectivity index (χ3v) is 2.87. The number of hydrogen-bond donors (Lipinski definition) is 1. The lowest BCUT2D eigenvalue weighted by Gasteiger charge is -2.13. The standard InChI is InChI=1S/C13H16BrNO2/c1-10-7-12(14)8-11(9-16)13(10)17-6-4-2-3-5-15/h7-8,16H,2-4,6,9H2,1H3. The van der Waals surface area contributed by atoms with E-state index in [4.69, 9.17) is 10.00 Å². The van der Waals surface area contributed by atoms with Crippen LogP contribution in [0.2, 0.25) is 0 Å². The van der Waals surface area contributed by atoms with Crippen molar-refractivity contribution in [2.45, 2.75) is 32.8 Å². The number of benzene rings is 1. The quantitative estimate of drug-likeness (QED) is 0.820. The molecule has 0 heterocycles. The molecule has 4 heteroatoms.